The number of nitrogen functional groups attached to an aromatic ring is 1. The molecule has 2 aromatic heterocycles. The second-order valence-corrected chi connectivity index (χ2v) is 5.52. The molecule has 0 spiro atoms. The topological polar surface area (TPSA) is 81.7 Å². The predicted octanol–water partition coefficient (Wildman–Crippen LogP) is 1.11. The maximum absolute atomic E-state index is 5.53. The summed E-state index contributed by atoms with van der Waals surface area (Å²) in [6.45, 7) is 7.73. The van der Waals surface area contributed by atoms with E-state index in [-0.39, 0.29) is 0 Å². The third kappa shape index (κ3) is 3.27. The van der Waals surface area contributed by atoms with E-state index in [1.165, 1.54) is 17.0 Å². The maximum Gasteiger partial charge on any atom is 0.203 e. The summed E-state index contributed by atoms with van der Waals surface area (Å²) in [5, 5.41) is 17.0. The Labute approximate surface area is 110 Å². The first-order chi connectivity index (χ1) is 8.54. The van der Waals surface area contributed by atoms with E-state index in [0.717, 1.165) is 17.2 Å². The SMILES string of the molecule is Cc1cc(C)n(C[C@@H](C)NCc2nnc(N)s2)n1. The van der Waals surface area contributed by atoms with Gasteiger partial charge in [0.15, 0.2) is 0 Å². The van der Waals surface area contributed by atoms with E-state index in [2.05, 4.69) is 40.5 Å². The highest BCUT2D eigenvalue weighted by Crippen LogP contribution is 2.10. The zero-order valence-electron chi connectivity index (χ0n) is 10.8. The zero-order valence-corrected chi connectivity index (χ0v) is 11.7. The third-order valence-electron chi connectivity index (χ3n) is 2.63. The molecule has 0 fully saturated rings. The molecule has 7 heteroatoms. The molecular weight excluding hydrogens is 248 g/mol. The number of aryl methyl sites for hydroxylation is 2. The van der Waals surface area contributed by atoms with Crippen molar-refractivity contribution in [1.82, 2.24) is 25.3 Å². The molecule has 0 aromatic carbocycles. The fourth-order valence-electron chi connectivity index (χ4n) is 1.78. The van der Waals surface area contributed by atoms with Crippen molar-refractivity contribution in [2.45, 2.75) is 39.9 Å². The first kappa shape index (κ1) is 13.0. The fraction of sp³-hybridized carbons (Fsp3) is 0.545. The zero-order chi connectivity index (χ0) is 13.1. The van der Waals surface area contributed by atoms with Crippen LogP contribution in [0.1, 0.15) is 23.3 Å². The van der Waals surface area contributed by atoms with E-state index in [0.29, 0.717) is 17.7 Å². The Morgan fingerprint density at radius 3 is 2.78 bits per heavy atom. The molecule has 98 valence electrons. The van der Waals surface area contributed by atoms with Gasteiger partial charge in [0.2, 0.25) is 5.13 Å². The van der Waals surface area contributed by atoms with Crippen molar-refractivity contribution in [1.29, 1.82) is 0 Å². The number of nitrogens with two attached hydrogens (primary N) is 1. The summed E-state index contributed by atoms with van der Waals surface area (Å²) >= 11 is 1.41. The van der Waals surface area contributed by atoms with Gasteiger partial charge in [0.05, 0.1) is 18.8 Å². The van der Waals surface area contributed by atoms with Crippen molar-refractivity contribution in [2.75, 3.05) is 5.73 Å². The van der Waals surface area contributed by atoms with Crippen LogP contribution < -0.4 is 11.1 Å². The van der Waals surface area contributed by atoms with Crippen LogP contribution in [0.25, 0.3) is 0 Å². The lowest BCUT2D eigenvalue weighted by Gasteiger charge is -2.13. The summed E-state index contributed by atoms with van der Waals surface area (Å²) in [6.07, 6.45) is 0. The minimum atomic E-state index is 0.313. The number of nitrogens with one attached hydrogen (secondary N) is 1. The van der Waals surface area contributed by atoms with Gasteiger partial charge >= 0.3 is 0 Å². The van der Waals surface area contributed by atoms with Crippen molar-refractivity contribution in [2.24, 2.45) is 0 Å². The maximum atomic E-state index is 5.53. The Balaban J connectivity index is 1.85. The van der Waals surface area contributed by atoms with Crippen molar-refractivity contribution in [3.05, 3.63) is 22.5 Å². The largest absolute Gasteiger partial charge is 0.374 e. The highest BCUT2D eigenvalue weighted by Gasteiger charge is 2.08. The van der Waals surface area contributed by atoms with Crippen molar-refractivity contribution in [3.63, 3.8) is 0 Å². The second-order valence-electron chi connectivity index (χ2n) is 4.43. The first-order valence-electron chi connectivity index (χ1n) is 5.87. The van der Waals surface area contributed by atoms with Crippen LogP contribution in [0.5, 0.6) is 0 Å². The van der Waals surface area contributed by atoms with Gasteiger partial charge in [-0.25, -0.2) is 0 Å². The molecule has 6 nitrogen and oxygen atoms in total. The molecule has 2 heterocycles. The van der Waals surface area contributed by atoms with E-state index < -0.39 is 0 Å². The molecule has 1 atom stereocenters. The van der Waals surface area contributed by atoms with Gasteiger partial charge < -0.3 is 11.1 Å². The molecule has 18 heavy (non-hydrogen) atoms. The molecule has 0 saturated heterocycles. The molecule has 0 amide bonds. The summed E-state index contributed by atoms with van der Waals surface area (Å²) in [5.74, 6) is 0. The van der Waals surface area contributed by atoms with Gasteiger partial charge in [-0.05, 0) is 26.8 Å². The average Bonchev–Trinajstić information content (AvgIpc) is 2.83. The Hall–Kier alpha value is -1.47. The Kier molecular flexibility index (Phi) is 3.93. The lowest BCUT2D eigenvalue weighted by Crippen LogP contribution is -2.30. The van der Waals surface area contributed by atoms with Gasteiger partial charge in [-0.15, -0.1) is 10.2 Å². The van der Waals surface area contributed by atoms with Gasteiger partial charge in [-0.3, -0.25) is 4.68 Å². The minimum absolute atomic E-state index is 0.313. The molecule has 2 aromatic rings. The van der Waals surface area contributed by atoms with E-state index in [9.17, 15) is 0 Å². The average molecular weight is 266 g/mol. The highest BCUT2D eigenvalue weighted by molar-refractivity contribution is 7.15. The molecule has 0 unspecified atom stereocenters. The number of aromatic nitrogens is 4. The fourth-order valence-corrected chi connectivity index (χ4v) is 2.34. The smallest absolute Gasteiger partial charge is 0.203 e. The number of nitrogens with zero attached hydrogens (tertiary/aromatic N) is 4. The number of hydrogen-bond donors (Lipinski definition) is 2. The van der Waals surface area contributed by atoms with Gasteiger partial charge in [0.25, 0.3) is 0 Å². The van der Waals surface area contributed by atoms with Gasteiger partial charge in [0.1, 0.15) is 5.01 Å². The van der Waals surface area contributed by atoms with Crippen LogP contribution in [0.2, 0.25) is 0 Å². The highest BCUT2D eigenvalue weighted by atomic mass is 32.1. The normalized spacial score (nSPS) is 12.8. The number of hydrogen-bond acceptors (Lipinski definition) is 6. The van der Waals surface area contributed by atoms with E-state index >= 15 is 0 Å². The quantitative estimate of drug-likeness (QED) is 0.847. The molecular formula is C11H18N6S. The van der Waals surface area contributed by atoms with Crippen molar-refractivity contribution >= 4 is 16.5 Å². The van der Waals surface area contributed by atoms with Crippen LogP contribution in [-0.2, 0) is 13.1 Å². The molecule has 0 saturated carbocycles. The van der Waals surface area contributed by atoms with E-state index in [1.54, 1.807) is 0 Å². The van der Waals surface area contributed by atoms with Gasteiger partial charge in [-0.1, -0.05) is 11.3 Å². The van der Waals surface area contributed by atoms with Crippen molar-refractivity contribution < 1.29 is 0 Å². The molecule has 0 aliphatic heterocycles. The summed E-state index contributed by atoms with van der Waals surface area (Å²) in [6, 6.07) is 2.39. The van der Waals surface area contributed by atoms with Crippen LogP contribution in [0.4, 0.5) is 5.13 Å². The Morgan fingerprint density at radius 1 is 1.44 bits per heavy atom. The molecule has 0 bridgehead atoms. The summed E-state index contributed by atoms with van der Waals surface area (Å²) in [5.41, 5.74) is 7.77. The van der Waals surface area contributed by atoms with Crippen LogP contribution in [0, 0.1) is 13.8 Å². The number of rotatable bonds is 5. The lowest BCUT2D eigenvalue weighted by molar-refractivity contribution is 0.443. The summed E-state index contributed by atoms with van der Waals surface area (Å²) in [7, 11) is 0. The molecule has 3 N–H and O–H groups in total. The molecule has 0 radical (unpaired) electrons. The predicted molar refractivity (Wildman–Crippen MR) is 72.3 cm³/mol. The summed E-state index contributed by atoms with van der Waals surface area (Å²) in [4.78, 5) is 0. The third-order valence-corrected chi connectivity index (χ3v) is 3.39. The lowest BCUT2D eigenvalue weighted by atomic mass is 10.3. The Bertz CT molecular complexity index is 517. The molecule has 2 rings (SSSR count). The molecule has 0 aliphatic carbocycles. The molecule has 0 aliphatic rings. The van der Waals surface area contributed by atoms with Crippen LogP contribution in [0.15, 0.2) is 6.07 Å². The minimum Gasteiger partial charge on any atom is -0.374 e. The van der Waals surface area contributed by atoms with Crippen LogP contribution in [0.3, 0.4) is 0 Å². The van der Waals surface area contributed by atoms with Gasteiger partial charge in [-0.2, -0.15) is 5.10 Å². The van der Waals surface area contributed by atoms with E-state index in [4.69, 9.17) is 5.73 Å². The van der Waals surface area contributed by atoms with Crippen LogP contribution >= 0.6 is 11.3 Å². The van der Waals surface area contributed by atoms with Crippen molar-refractivity contribution in [3.8, 4) is 0 Å². The second kappa shape index (κ2) is 5.45. The van der Waals surface area contributed by atoms with Gasteiger partial charge in [0, 0.05) is 11.7 Å². The first-order valence-corrected chi connectivity index (χ1v) is 6.68. The number of anilines is 1. The summed E-state index contributed by atoms with van der Waals surface area (Å²) < 4.78 is 2.02. The van der Waals surface area contributed by atoms with E-state index in [1.807, 2.05) is 11.6 Å². The monoisotopic (exact) mass is 266 g/mol. The van der Waals surface area contributed by atoms with Crippen LogP contribution in [-0.4, -0.2) is 26.0 Å². The Morgan fingerprint density at radius 2 is 2.22 bits per heavy atom. The standard InChI is InChI=1S/C11H18N6S/c1-7-4-9(3)17(16-7)6-8(2)13-5-10-14-15-11(12)18-10/h4,8,13H,5-6H2,1-3H3,(H2,12,15)/t8-/m1/s1.